The summed E-state index contributed by atoms with van der Waals surface area (Å²) in [7, 11) is 0. The number of rotatable bonds is 3. The van der Waals surface area contributed by atoms with Crippen molar-refractivity contribution in [3.05, 3.63) is 28.0 Å². The Hall–Kier alpha value is -1.01. The highest BCUT2D eigenvalue weighted by Crippen LogP contribution is 2.42. The summed E-state index contributed by atoms with van der Waals surface area (Å²) in [5, 5.41) is 2.74. The monoisotopic (exact) mass is 344 g/mol. The number of nitrogens with one attached hydrogen (secondary N) is 1. The van der Waals surface area contributed by atoms with Gasteiger partial charge >= 0.3 is 0 Å². The summed E-state index contributed by atoms with van der Waals surface area (Å²) >= 11 is 8.09. The van der Waals surface area contributed by atoms with Gasteiger partial charge in [-0.15, -0.1) is 0 Å². The first-order chi connectivity index (χ1) is 8.86. The van der Waals surface area contributed by atoms with Crippen LogP contribution in [0, 0.1) is 18.2 Å². The van der Waals surface area contributed by atoms with Crippen LogP contribution in [0.5, 0.6) is 0 Å². The van der Waals surface area contributed by atoms with Gasteiger partial charge in [0.05, 0.1) is 14.9 Å². The van der Waals surface area contributed by atoms with Gasteiger partial charge in [0.15, 0.2) is 0 Å². The summed E-state index contributed by atoms with van der Waals surface area (Å²) in [4.78, 5) is 12.5. The Morgan fingerprint density at radius 3 is 2.63 bits per heavy atom. The lowest BCUT2D eigenvalue weighted by Crippen LogP contribution is -2.50. The minimum atomic E-state index is -0.759. The highest BCUT2D eigenvalue weighted by molar-refractivity contribution is 9.10. The summed E-state index contributed by atoms with van der Waals surface area (Å²) in [6.45, 7) is 1.80. The molecule has 1 aromatic rings. The quantitative estimate of drug-likeness (QED) is 0.827. The zero-order chi connectivity index (χ0) is 14.2. The Morgan fingerprint density at radius 2 is 2.16 bits per heavy atom. The van der Waals surface area contributed by atoms with E-state index in [-0.39, 0.29) is 10.9 Å². The SMILES string of the molecule is Cc1cc(Br)c(F)cc1NC(=O)C1(C(N)=S)CCC1. The second-order valence-electron chi connectivity index (χ2n) is 4.84. The fourth-order valence-electron chi connectivity index (χ4n) is 2.14. The first kappa shape index (κ1) is 14.4. The average molecular weight is 345 g/mol. The van der Waals surface area contributed by atoms with Gasteiger partial charge < -0.3 is 11.1 Å². The van der Waals surface area contributed by atoms with Gasteiger partial charge in [-0.25, -0.2) is 4.39 Å². The fraction of sp³-hybridized carbons (Fsp3) is 0.385. The Kier molecular flexibility index (Phi) is 3.92. The molecule has 0 atom stereocenters. The van der Waals surface area contributed by atoms with Crippen LogP contribution in [0.2, 0.25) is 0 Å². The second-order valence-corrected chi connectivity index (χ2v) is 6.13. The van der Waals surface area contributed by atoms with E-state index in [9.17, 15) is 9.18 Å². The molecule has 1 fully saturated rings. The van der Waals surface area contributed by atoms with Crippen LogP contribution in [0.4, 0.5) is 10.1 Å². The Bertz CT molecular complexity index is 558. The molecular formula is C13H14BrFN2OS. The minimum absolute atomic E-state index is 0.214. The molecule has 1 aliphatic carbocycles. The number of halogens is 2. The van der Waals surface area contributed by atoms with Gasteiger partial charge in [-0.3, -0.25) is 4.79 Å². The molecule has 2 rings (SSSR count). The van der Waals surface area contributed by atoms with Gasteiger partial charge in [-0.2, -0.15) is 0 Å². The number of hydrogen-bond donors (Lipinski definition) is 2. The lowest BCUT2D eigenvalue weighted by Gasteiger charge is -2.39. The number of carbonyl (C=O) groups excluding carboxylic acids is 1. The van der Waals surface area contributed by atoms with E-state index in [0.29, 0.717) is 23.0 Å². The summed E-state index contributed by atoms with van der Waals surface area (Å²) < 4.78 is 13.9. The van der Waals surface area contributed by atoms with Crippen molar-refractivity contribution in [2.24, 2.45) is 11.1 Å². The van der Waals surface area contributed by atoms with Crippen molar-refractivity contribution < 1.29 is 9.18 Å². The van der Waals surface area contributed by atoms with E-state index in [1.165, 1.54) is 6.07 Å². The summed E-state index contributed by atoms with van der Waals surface area (Å²) in [6.07, 6.45) is 2.25. The number of hydrogen-bond acceptors (Lipinski definition) is 2. The highest BCUT2D eigenvalue weighted by atomic mass is 79.9. The van der Waals surface area contributed by atoms with Crippen LogP contribution in [0.15, 0.2) is 16.6 Å². The molecule has 0 bridgehead atoms. The van der Waals surface area contributed by atoms with Gasteiger partial charge in [0, 0.05) is 5.69 Å². The van der Waals surface area contributed by atoms with Crippen molar-refractivity contribution in [3.8, 4) is 0 Å². The molecule has 0 aliphatic heterocycles. The second kappa shape index (κ2) is 5.17. The summed E-state index contributed by atoms with van der Waals surface area (Å²) in [5.74, 6) is -0.657. The third-order valence-corrected chi connectivity index (χ3v) is 4.63. The third-order valence-electron chi connectivity index (χ3n) is 3.63. The normalized spacial score (nSPS) is 16.6. The molecule has 0 saturated heterocycles. The van der Waals surface area contributed by atoms with Crippen LogP contribution >= 0.6 is 28.1 Å². The van der Waals surface area contributed by atoms with E-state index in [1.54, 1.807) is 13.0 Å². The molecule has 0 heterocycles. The lowest BCUT2D eigenvalue weighted by molar-refractivity contribution is -0.125. The van der Waals surface area contributed by atoms with Crippen molar-refractivity contribution in [1.82, 2.24) is 0 Å². The maximum absolute atomic E-state index is 13.5. The molecule has 6 heteroatoms. The average Bonchev–Trinajstić information content (AvgIpc) is 2.23. The summed E-state index contributed by atoms with van der Waals surface area (Å²) in [5.41, 5.74) is 6.14. The predicted molar refractivity (Wildman–Crippen MR) is 80.5 cm³/mol. The summed E-state index contributed by atoms with van der Waals surface area (Å²) in [6, 6.07) is 2.92. The van der Waals surface area contributed by atoms with Crippen LogP contribution in [0.1, 0.15) is 24.8 Å². The highest BCUT2D eigenvalue weighted by Gasteiger charge is 2.47. The van der Waals surface area contributed by atoms with E-state index in [4.69, 9.17) is 18.0 Å². The molecule has 1 aliphatic rings. The first-order valence-corrected chi connectivity index (χ1v) is 7.14. The molecule has 102 valence electrons. The lowest BCUT2D eigenvalue weighted by atomic mass is 9.68. The zero-order valence-corrected chi connectivity index (χ0v) is 12.8. The van der Waals surface area contributed by atoms with Gasteiger partial charge in [0.1, 0.15) is 5.82 Å². The molecule has 3 nitrogen and oxygen atoms in total. The first-order valence-electron chi connectivity index (χ1n) is 5.94. The van der Waals surface area contributed by atoms with Crippen LogP contribution in [-0.4, -0.2) is 10.9 Å². The standard InChI is InChI=1S/C13H14BrFN2OS/c1-7-5-8(14)9(15)6-10(7)17-12(18)13(11(16)19)3-2-4-13/h5-6H,2-4H2,1H3,(H2,16,19)(H,17,18). The van der Waals surface area contributed by atoms with Gasteiger partial charge in [0.2, 0.25) is 5.91 Å². The number of nitrogens with two attached hydrogens (primary N) is 1. The third kappa shape index (κ3) is 2.51. The number of amides is 1. The topological polar surface area (TPSA) is 55.1 Å². The van der Waals surface area contributed by atoms with Crippen LogP contribution in [0.3, 0.4) is 0 Å². The minimum Gasteiger partial charge on any atom is -0.392 e. The predicted octanol–water partition coefficient (Wildman–Crippen LogP) is 3.29. The van der Waals surface area contributed by atoms with Crippen LogP contribution in [0.25, 0.3) is 0 Å². The van der Waals surface area contributed by atoms with Crippen molar-refractivity contribution in [2.45, 2.75) is 26.2 Å². The molecule has 0 radical (unpaired) electrons. The Balaban J connectivity index is 2.24. The number of aryl methyl sites for hydroxylation is 1. The molecule has 1 saturated carbocycles. The van der Waals surface area contributed by atoms with E-state index in [2.05, 4.69) is 21.2 Å². The molecule has 1 amide bonds. The Morgan fingerprint density at radius 1 is 1.53 bits per heavy atom. The molecule has 0 aromatic heterocycles. The van der Waals surface area contributed by atoms with Gasteiger partial charge in [0.25, 0.3) is 0 Å². The molecule has 0 spiro atoms. The molecule has 0 unspecified atom stereocenters. The van der Waals surface area contributed by atoms with E-state index < -0.39 is 11.2 Å². The van der Waals surface area contributed by atoms with E-state index in [0.717, 1.165) is 12.0 Å². The number of thiocarbonyl (C=S) groups is 1. The smallest absolute Gasteiger partial charge is 0.237 e. The number of anilines is 1. The fourth-order valence-corrected chi connectivity index (χ4v) is 2.89. The van der Waals surface area contributed by atoms with Crippen LogP contribution in [-0.2, 0) is 4.79 Å². The van der Waals surface area contributed by atoms with Crippen molar-refractivity contribution in [2.75, 3.05) is 5.32 Å². The van der Waals surface area contributed by atoms with Crippen molar-refractivity contribution in [1.29, 1.82) is 0 Å². The largest absolute Gasteiger partial charge is 0.392 e. The number of benzene rings is 1. The molecule has 19 heavy (non-hydrogen) atoms. The maximum atomic E-state index is 13.5. The zero-order valence-electron chi connectivity index (χ0n) is 10.4. The molecular weight excluding hydrogens is 331 g/mol. The van der Waals surface area contributed by atoms with Gasteiger partial charge in [-0.05, 0) is 53.4 Å². The van der Waals surface area contributed by atoms with Crippen molar-refractivity contribution in [3.63, 3.8) is 0 Å². The van der Waals surface area contributed by atoms with Gasteiger partial charge in [-0.1, -0.05) is 18.6 Å². The maximum Gasteiger partial charge on any atom is 0.237 e. The Labute approximate surface area is 124 Å². The van der Waals surface area contributed by atoms with Crippen molar-refractivity contribution >= 4 is 44.7 Å². The molecule has 3 N–H and O–H groups in total. The number of carbonyl (C=O) groups is 1. The van der Waals surface area contributed by atoms with Crippen LogP contribution < -0.4 is 11.1 Å². The molecule has 1 aromatic carbocycles. The van der Waals surface area contributed by atoms with E-state index >= 15 is 0 Å². The van der Waals surface area contributed by atoms with E-state index in [1.807, 2.05) is 0 Å².